The third-order valence-corrected chi connectivity index (χ3v) is 4.01. The van der Waals surface area contributed by atoms with Crippen LogP contribution in [0.1, 0.15) is 22.3 Å². The monoisotopic (exact) mass is 426 g/mol. The zero-order valence-electron chi connectivity index (χ0n) is 12.7. The van der Waals surface area contributed by atoms with E-state index in [1.165, 1.54) is 35.1 Å². The molecule has 2 aliphatic heterocycles. The molecule has 0 fully saturated rings. The Morgan fingerprint density at radius 3 is 1.27 bits per heavy atom. The zero-order chi connectivity index (χ0) is 13.6. The van der Waals surface area contributed by atoms with Crippen molar-refractivity contribution in [2.24, 2.45) is 0 Å². The molecule has 0 radical (unpaired) electrons. The van der Waals surface area contributed by atoms with Gasteiger partial charge in [0.2, 0.25) is 0 Å². The van der Waals surface area contributed by atoms with Crippen molar-refractivity contribution in [3.63, 3.8) is 0 Å². The molecule has 0 aromatic heterocycles. The van der Waals surface area contributed by atoms with E-state index in [1.54, 1.807) is 0 Å². The van der Waals surface area contributed by atoms with E-state index < -0.39 is 0 Å². The Hall–Kier alpha value is -0.680. The Morgan fingerprint density at radius 1 is 0.545 bits per heavy atom. The summed E-state index contributed by atoms with van der Waals surface area (Å²) in [5.74, 6) is 0. The average Bonchev–Trinajstić information content (AvgIpc) is 2.56. The highest BCUT2D eigenvalue weighted by Crippen LogP contribution is 2.12. The van der Waals surface area contributed by atoms with Crippen molar-refractivity contribution < 1.29 is 0 Å². The highest BCUT2D eigenvalue weighted by Gasteiger charge is 2.05. The third-order valence-electron chi connectivity index (χ3n) is 4.01. The van der Waals surface area contributed by atoms with Crippen LogP contribution in [0, 0.1) is 0 Å². The molecule has 2 heterocycles. The second-order valence-electron chi connectivity index (χ2n) is 5.39. The molecule has 0 bridgehead atoms. The molecule has 22 heavy (non-hydrogen) atoms. The average molecular weight is 428 g/mol. The van der Waals surface area contributed by atoms with Crippen molar-refractivity contribution in [3.8, 4) is 0 Å². The van der Waals surface area contributed by atoms with Gasteiger partial charge in [0.15, 0.2) is 0 Å². The lowest BCUT2D eigenvalue weighted by atomic mass is 10.0. The number of rotatable bonds is 0. The molecule has 0 saturated carbocycles. The molecular formula is C18H24Br2N2. The molecule has 2 nitrogen and oxygen atoms in total. The largest absolute Gasteiger partial charge is 0.312 e. The molecule has 0 aliphatic carbocycles. The van der Waals surface area contributed by atoms with Gasteiger partial charge in [0.05, 0.1) is 0 Å². The SMILES string of the molecule is Br.Br.c1ccc2c(c1)CCNC2.c1ccc2c(c1)CCNC2. The summed E-state index contributed by atoms with van der Waals surface area (Å²) < 4.78 is 0. The van der Waals surface area contributed by atoms with E-state index in [0.29, 0.717) is 0 Å². The first-order chi connectivity index (χ1) is 9.93. The van der Waals surface area contributed by atoms with Crippen LogP contribution in [-0.4, -0.2) is 13.1 Å². The zero-order valence-corrected chi connectivity index (χ0v) is 16.1. The van der Waals surface area contributed by atoms with Gasteiger partial charge in [0.25, 0.3) is 0 Å². The van der Waals surface area contributed by atoms with Crippen LogP contribution in [0.15, 0.2) is 48.5 Å². The van der Waals surface area contributed by atoms with Crippen LogP contribution in [0.25, 0.3) is 0 Å². The van der Waals surface area contributed by atoms with Gasteiger partial charge in [0.1, 0.15) is 0 Å². The lowest BCUT2D eigenvalue weighted by Crippen LogP contribution is -2.23. The summed E-state index contributed by atoms with van der Waals surface area (Å²) in [5.41, 5.74) is 5.96. The Morgan fingerprint density at radius 2 is 0.909 bits per heavy atom. The van der Waals surface area contributed by atoms with E-state index >= 15 is 0 Å². The summed E-state index contributed by atoms with van der Waals surface area (Å²) in [6.45, 7) is 4.38. The van der Waals surface area contributed by atoms with Gasteiger partial charge in [-0.25, -0.2) is 0 Å². The van der Waals surface area contributed by atoms with Crippen LogP contribution in [0.4, 0.5) is 0 Å². The minimum absolute atomic E-state index is 0. The summed E-state index contributed by atoms with van der Waals surface area (Å²) >= 11 is 0. The third kappa shape index (κ3) is 5.20. The van der Waals surface area contributed by atoms with E-state index in [1.807, 2.05) is 0 Å². The first kappa shape index (κ1) is 19.4. The molecule has 2 N–H and O–H groups in total. The summed E-state index contributed by atoms with van der Waals surface area (Å²) in [5, 5.41) is 6.68. The maximum Gasteiger partial charge on any atom is 0.0208 e. The topological polar surface area (TPSA) is 24.1 Å². The van der Waals surface area contributed by atoms with Crippen LogP contribution < -0.4 is 10.6 Å². The second kappa shape index (κ2) is 10.2. The fraction of sp³-hybridized carbons (Fsp3) is 0.333. The van der Waals surface area contributed by atoms with E-state index in [4.69, 9.17) is 0 Å². The molecule has 4 rings (SSSR count). The van der Waals surface area contributed by atoms with Gasteiger partial charge in [0, 0.05) is 13.1 Å². The summed E-state index contributed by atoms with van der Waals surface area (Å²) in [7, 11) is 0. The minimum Gasteiger partial charge on any atom is -0.312 e. The van der Waals surface area contributed by atoms with Crippen molar-refractivity contribution in [1.82, 2.24) is 10.6 Å². The fourth-order valence-electron chi connectivity index (χ4n) is 2.84. The van der Waals surface area contributed by atoms with Crippen molar-refractivity contribution in [2.75, 3.05) is 13.1 Å². The van der Waals surface area contributed by atoms with E-state index in [2.05, 4.69) is 59.2 Å². The number of fused-ring (bicyclic) bond motifs is 2. The van der Waals surface area contributed by atoms with Gasteiger partial charge < -0.3 is 10.6 Å². The summed E-state index contributed by atoms with van der Waals surface area (Å²) in [6, 6.07) is 17.3. The normalized spacial score (nSPS) is 14.9. The molecule has 0 atom stereocenters. The Kier molecular flexibility index (Phi) is 8.95. The highest BCUT2D eigenvalue weighted by atomic mass is 79.9. The second-order valence-corrected chi connectivity index (χ2v) is 5.39. The van der Waals surface area contributed by atoms with Crippen molar-refractivity contribution in [3.05, 3.63) is 70.8 Å². The van der Waals surface area contributed by atoms with Crippen molar-refractivity contribution >= 4 is 34.0 Å². The molecule has 0 saturated heterocycles. The fourth-order valence-corrected chi connectivity index (χ4v) is 2.84. The smallest absolute Gasteiger partial charge is 0.0208 e. The van der Waals surface area contributed by atoms with Gasteiger partial charge in [-0.2, -0.15) is 0 Å². The number of halogens is 2. The predicted octanol–water partition coefficient (Wildman–Crippen LogP) is 3.82. The molecule has 2 aliphatic rings. The van der Waals surface area contributed by atoms with Gasteiger partial charge in [-0.1, -0.05) is 48.5 Å². The number of nitrogens with one attached hydrogen (secondary N) is 2. The molecular weight excluding hydrogens is 404 g/mol. The summed E-state index contributed by atoms with van der Waals surface area (Å²) in [4.78, 5) is 0. The van der Waals surface area contributed by atoms with Gasteiger partial charge in [-0.3, -0.25) is 0 Å². The Balaban J connectivity index is 0.000000202. The standard InChI is InChI=1S/2C9H11N.2BrH/c2*1-2-4-9-7-10-6-5-8(9)3-1;;/h2*1-4,10H,5-7H2;2*1H. The predicted molar refractivity (Wildman–Crippen MR) is 104 cm³/mol. The van der Waals surface area contributed by atoms with Crippen LogP contribution >= 0.6 is 34.0 Å². The molecule has 0 amide bonds. The van der Waals surface area contributed by atoms with Crippen molar-refractivity contribution in [2.45, 2.75) is 25.9 Å². The molecule has 4 heteroatoms. The number of hydrogen-bond donors (Lipinski definition) is 2. The van der Waals surface area contributed by atoms with Gasteiger partial charge >= 0.3 is 0 Å². The number of benzene rings is 2. The minimum atomic E-state index is 0. The quantitative estimate of drug-likeness (QED) is 0.667. The van der Waals surface area contributed by atoms with Crippen LogP contribution in [0.5, 0.6) is 0 Å². The van der Waals surface area contributed by atoms with Gasteiger partial charge in [-0.15, -0.1) is 34.0 Å². The highest BCUT2D eigenvalue weighted by molar-refractivity contribution is 8.93. The number of hydrogen-bond acceptors (Lipinski definition) is 2. The van der Waals surface area contributed by atoms with E-state index in [-0.39, 0.29) is 34.0 Å². The lowest BCUT2D eigenvalue weighted by molar-refractivity contribution is 0.644. The molecule has 0 spiro atoms. The molecule has 0 unspecified atom stereocenters. The molecule has 2 aromatic rings. The van der Waals surface area contributed by atoms with Gasteiger partial charge in [-0.05, 0) is 48.2 Å². The summed E-state index contributed by atoms with van der Waals surface area (Å²) in [6.07, 6.45) is 2.38. The maximum absolute atomic E-state index is 3.34. The first-order valence-electron chi connectivity index (χ1n) is 7.48. The lowest BCUT2D eigenvalue weighted by Gasteiger charge is -2.15. The Bertz CT molecular complexity index is 471. The van der Waals surface area contributed by atoms with Crippen LogP contribution in [0.3, 0.4) is 0 Å². The van der Waals surface area contributed by atoms with E-state index in [0.717, 1.165) is 26.2 Å². The molecule has 120 valence electrons. The first-order valence-corrected chi connectivity index (χ1v) is 7.48. The van der Waals surface area contributed by atoms with Crippen molar-refractivity contribution in [1.29, 1.82) is 0 Å². The Labute approximate surface area is 154 Å². The molecule has 2 aromatic carbocycles. The van der Waals surface area contributed by atoms with Crippen LogP contribution in [-0.2, 0) is 25.9 Å². The van der Waals surface area contributed by atoms with Crippen LogP contribution in [0.2, 0.25) is 0 Å². The van der Waals surface area contributed by atoms with E-state index in [9.17, 15) is 0 Å². The maximum atomic E-state index is 3.34.